The maximum Gasteiger partial charge on any atom is 0.254 e. The van der Waals surface area contributed by atoms with Gasteiger partial charge in [0, 0.05) is 37.4 Å². The van der Waals surface area contributed by atoms with Gasteiger partial charge in [-0.25, -0.2) is 0 Å². The van der Waals surface area contributed by atoms with Gasteiger partial charge in [0.2, 0.25) is 0 Å². The van der Waals surface area contributed by atoms with Crippen LogP contribution in [0.15, 0.2) is 28.8 Å². The Morgan fingerprint density at radius 3 is 2.43 bits per heavy atom. The summed E-state index contributed by atoms with van der Waals surface area (Å²) in [6.45, 7) is 6.09. The maximum absolute atomic E-state index is 11.8. The summed E-state index contributed by atoms with van der Waals surface area (Å²) < 4.78 is 5.26. The number of hydrogen-bond acceptors (Lipinski definition) is 5. The maximum atomic E-state index is 11.8. The zero-order valence-corrected chi connectivity index (χ0v) is 13.6. The number of aryl methyl sites for hydroxylation is 1. The fourth-order valence-corrected chi connectivity index (χ4v) is 2.60. The summed E-state index contributed by atoms with van der Waals surface area (Å²) in [5.74, 6) is -0.142. The highest BCUT2D eigenvalue weighted by molar-refractivity contribution is 5.99. The van der Waals surface area contributed by atoms with E-state index < -0.39 is 5.91 Å². The highest BCUT2D eigenvalue weighted by atomic mass is 16.5. The Bertz CT molecular complexity index is 646. The number of aromatic nitrogens is 1. The van der Waals surface area contributed by atoms with Gasteiger partial charge in [0.15, 0.2) is 0 Å². The van der Waals surface area contributed by atoms with Gasteiger partial charge in [-0.1, -0.05) is 17.3 Å². The molecule has 6 nitrogen and oxygen atoms in total. The molecular formula is C17H23N3O3. The summed E-state index contributed by atoms with van der Waals surface area (Å²) >= 11 is 0. The summed E-state index contributed by atoms with van der Waals surface area (Å²) in [5.41, 5.74) is 8.14. The van der Waals surface area contributed by atoms with Crippen LogP contribution >= 0.6 is 0 Å². The third-order valence-electron chi connectivity index (χ3n) is 3.84. The van der Waals surface area contributed by atoms with Crippen LogP contribution in [0.3, 0.4) is 0 Å². The second-order valence-electron chi connectivity index (χ2n) is 5.24. The third-order valence-corrected chi connectivity index (χ3v) is 3.84. The molecule has 1 aromatic heterocycles. The van der Waals surface area contributed by atoms with Crippen molar-refractivity contribution in [2.75, 3.05) is 24.6 Å². The number of anilines is 1. The number of aliphatic hydroxyl groups excluding tert-OH is 1. The predicted molar refractivity (Wildman–Crippen MR) is 89.4 cm³/mol. The summed E-state index contributed by atoms with van der Waals surface area (Å²) in [7, 11) is 0. The molecule has 0 spiro atoms. The molecule has 0 unspecified atom stereocenters. The third kappa shape index (κ3) is 3.71. The van der Waals surface area contributed by atoms with E-state index in [0.29, 0.717) is 29.9 Å². The fraction of sp³-hybridized carbons (Fsp3) is 0.412. The molecule has 2 rings (SSSR count). The lowest BCUT2D eigenvalue weighted by Crippen LogP contribution is -2.21. The molecule has 0 fully saturated rings. The number of nitrogens with zero attached hydrogens (tertiary/aromatic N) is 2. The molecule has 0 saturated carbocycles. The van der Waals surface area contributed by atoms with Crippen LogP contribution in [0.1, 0.15) is 36.4 Å². The van der Waals surface area contributed by atoms with E-state index in [1.807, 2.05) is 24.3 Å². The highest BCUT2D eigenvalue weighted by Gasteiger charge is 2.21. The lowest BCUT2D eigenvalue weighted by atomic mass is 10.0. The Balaban J connectivity index is 2.34. The van der Waals surface area contributed by atoms with Crippen LogP contribution in [-0.4, -0.2) is 35.9 Å². The molecule has 124 valence electrons. The number of benzene rings is 1. The van der Waals surface area contributed by atoms with Crippen molar-refractivity contribution in [3.8, 4) is 11.3 Å². The molecule has 23 heavy (non-hydrogen) atoms. The van der Waals surface area contributed by atoms with Gasteiger partial charge in [0.25, 0.3) is 5.91 Å². The lowest BCUT2D eigenvalue weighted by molar-refractivity contribution is 0.0998. The number of carbonyl (C=O) groups excluding carboxylic acids is 1. The van der Waals surface area contributed by atoms with Crippen molar-refractivity contribution in [2.24, 2.45) is 5.73 Å². The van der Waals surface area contributed by atoms with Gasteiger partial charge in [0.05, 0.1) is 0 Å². The van der Waals surface area contributed by atoms with Gasteiger partial charge in [-0.3, -0.25) is 4.79 Å². The Morgan fingerprint density at radius 1 is 1.26 bits per heavy atom. The molecule has 0 aliphatic heterocycles. The molecule has 1 heterocycles. The lowest BCUT2D eigenvalue weighted by Gasteiger charge is -2.20. The molecular weight excluding hydrogens is 294 g/mol. The second-order valence-corrected chi connectivity index (χ2v) is 5.24. The van der Waals surface area contributed by atoms with E-state index in [0.717, 1.165) is 24.3 Å². The van der Waals surface area contributed by atoms with Crippen LogP contribution in [-0.2, 0) is 6.42 Å². The average molecular weight is 317 g/mol. The van der Waals surface area contributed by atoms with Crippen LogP contribution < -0.4 is 10.6 Å². The first kappa shape index (κ1) is 17.0. The van der Waals surface area contributed by atoms with Crippen molar-refractivity contribution in [3.05, 3.63) is 35.6 Å². The zero-order valence-electron chi connectivity index (χ0n) is 13.6. The molecule has 2 aromatic rings. The first-order valence-corrected chi connectivity index (χ1v) is 7.86. The van der Waals surface area contributed by atoms with Crippen LogP contribution in [0.4, 0.5) is 5.69 Å². The molecule has 0 atom stereocenters. The summed E-state index contributed by atoms with van der Waals surface area (Å²) in [6.07, 6.45) is 0.926. The number of hydrogen-bond donors (Lipinski definition) is 2. The molecule has 0 radical (unpaired) electrons. The summed E-state index contributed by atoms with van der Waals surface area (Å²) in [4.78, 5) is 14.0. The highest BCUT2D eigenvalue weighted by Crippen LogP contribution is 2.28. The molecule has 3 N–H and O–H groups in total. The molecule has 0 aliphatic carbocycles. The van der Waals surface area contributed by atoms with Crippen LogP contribution in [0, 0.1) is 0 Å². The van der Waals surface area contributed by atoms with Crippen molar-refractivity contribution in [2.45, 2.75) is 26.7 Å². The van der Waals surface area contributed by atoms with Crippen molar-refractivity contribution < 1.29 is 14.4 Å². The van der Waals surface area contributed by atoms with Gasteiger partial charge >= 0.3 is 0 Å². The summed E-state index contributed by atoms with van der Waals surface area (Å²) in [6, 6.07) is 7.81. The van der Waals surface area contributed by atoms with Crippen molar-refractivity contribution in [1.29, 1.82) is 0 Å². The smallest absolute Gasteiger partial charge is 0.254 e. The Hall–Kier alpha value is -2.34. The quantitative estimate of drug-likeness (QED) is 0.778. The summed E-state index contributed by atoms with van der Waals surface area (Å²) in [5, 5.41) is 12.9. The number of carbonyl (C=O) groups is 1. The molecule has 0 aliphatic rings. The number of nitrogens with two attached hydrogens (primary N) is 1. The SMILES string of the molecule is CCN(CC)c1ccc(-c2noc(CCCO)c2C(N)=O)cc1. The molecule has 1 amide bonds. The zero-order chi connectivity index (χ0) is 16.8. The van der Waals surface area contributed by atoms with E-state index >= 15 is 0 Å². The van der Waals surface area contributed by atoms with Crippen LogP contribution in [0.25, 0.3) is 11.3 Å². The van der Waals surface area contributed by atoms with E-state index in [-0.39, 0.29) is 6.61 Å². The van der Waals surface area contributed by atoms with Gasteiger partial charge in [0.1, 0.15) is 17.0 Å². The minimum atomic E-state index is -0.568. The van der Waals surface area contributed by atoms with E-state index in [9.17, 15) is 4.79 Å². The van der Waals surface area contributed by atoms with E-state index in [4.69, 9.17) is 15.4 Å². The van der Waals surface area contributed by atoms with Crippen molar-refractivity contribution in [1.82, 2.24) is 5.16 Å². The van der Waals surface area contributed by atoms with E-state index in [1.165, 1.54) is 0 Å². The van der Waals surface area contributed by atoms with Gasteiger partial charge < -0.3 is 20.3 Å². The average Bonchev–Trinajstić information content (AvgIpc) is 2.99. The minimum Gasteiger partial charge on any atom is -0.396 e. The first-order chi connectivity index (χ1) is 11.1. The van der Waals surface area contributed by atoms with Gasteiger partial charge in [-0.2, -0.15) is 0 Å². The predicted octanol–water partition coefficient (Wildman–Crippen LogP) is 2.21. The molecule has 1 aromatic carbocycles. The first-order valence-electron chi connectivity index (χ1n) is 7.86. The number of aliphatic hydroxyl groups is 1. The van der Waals surface area contributed by atoms with Gasteiger partial charge in [-0.05, 0) is 32.4 Å². The fourth-order valence-electron chi connectivity index (χ4n) is 2.60. The standard InChI is InChI=1S/C17H23N3O3/c1-3-20(4-2)13-9-7-12(8-10-13)16-15(17(18)22)14(23-19-16)6-5-11-21/h7-10,21H,3-6,11H2,1-2H3,(H2,18,22). The number of primary amides is 1. The number of rotatable bonds is 8. The normalized spacial score (nSPS) is 10.7. The van der Waals surface area contributed by atoms with Crippen LogP contribution in [0.5, 0.6) is 0 Å². The topological polar surface area (TPSA) is 92.6 Å². The molecule has 0 saturated heterocycles. The van der Waals surface area contributed by atoms with Crippen LogP contribution in [0.2, 0.25) is 0 Å². The number of amides is 1. The van der Waals surface area contributed by atoms with E-state index in [1.54, 1.807) is 0 Å². The van der Waals surface area contributed by atoms with E-state index in [2.05, 4.69) is 23.9 Å². The second kappa shape index (κ2) is 7.78. The monoisotopic (exact) mass is 317 g/mol. The molecule has 0 bridgehead atoms. The minimum absolute atomic E-state index is 0.0206. The largest absolute Gasteiger partial charge is 0.396 e. The Morgan fingerprint density at radius 2 is 1.91 bits per heavy atom. The Labute approximate surface area is 135 Å². The Kier molecular flexibility index (Phi) is 5.76. The van der Waals surface area contributed by atoms with Crippen molar-refractivity contribution >= 4 is 11.6 Å². The molecule has 6 heteroatoms. The van der Waals surface area contributed by atoms with Gasteiger partial charge in [-0.15, -0.1) is 0 Å². The van der Waals surface area contributed by atoms with Crippen molar-refractivity contribution in [3.63, 3.8) is 0 Å².